The van der Waals surface area contributed by atoms with E-state index >= 15 is 0 Å². The molecule has 17 heavy (non-hydrogen) atoms. The van der Waals surface area contributed by atoms with Crippen LogP contribution in [0.1, 0.15) is 31.7 Å². The van der Waals surface area contributed by atoms with E-state index in [1.54, 1.807) is 0 Å². The average molecular weight is 296 g/mol. The smallest absolute Gasteiger partial charge is 0.227 e. The van der Waals surface area contributed by atoms with Gasteiger partial charge in [0.2, 0.25) is 5.91 Å². The number of benzene rings is 1. The van der Waals surface area contributed by atoms with Crippen LogP contribution in [0.2, 0.25) is 0 Å². The lowest BCUT2D eigenvalue weighted by atomic mass is 9.97. The first-order valence-corrected chi connectivity index (χ1v) is 6.95. The van der Waals surface area contributed by atoms with E-state index in [4.69, 9.17) is 0 Å². The number of hydrogen-bond acceptors (Lipinski definition) is 1. The van der Waals surface area contributed by atoms with Crippen molar-refractivity contribution >= 4 is 27.5 Å². The zero-order chi connectivity index (χ0) is 12.4. The summed E-state index contributed by atoms with van der Waals surface area (Å²) >= 11 is 3.48. The molecular formula is C14H18BrNO. The molecule has 1 aliphatic rings. The van der Waals surface area contributed by atoms with Crippen molar-refractivity contribution in [2.24, 2.45) is 11.8 Å². The Kier molecular flexibility index (Phi) is 3.87. The molecule has 0 aromatic heterocycles. The standard InChI is InChI=1S/C14H18BrNO/c1-9-5-3-6-11(9)14(17)16-13-8-4-7-12(15)10(13)2/h4,7-9,11H,3,5-6H2,1-2H3,(H,16,17). The van der Waals surface area contributed by atoms with Gasteiger partial charge in [0.15, 0.2) is 0 Å². The fraction of sp³-hybridized carbons (Fsp3) is 0.500. The van der Waals surface area contributed by atoms with Gasteiger partial charge >= 0.3 is 0 Å². The average Bonchev–Trinajstić information content (AvgIpc) is 2.71. The van der Waals surface area contributed by atoms with E-state index < -0.39 is 0 Å². The fourth-order valence-electron chi connectivity index (χ4n) is 2.50. The second kappa shape index (κ2) is 5.21. The lowest BCUT2D eigenvalue weighted by molar-refractivity contribution is -0.120. The number of carbonyl (C=O) groups is 1. The highest BCUT2D eigenvalue weighted by atomic mass is 79.9. The molecule has 1 aromatic carbocycles. The van der Waals surface area contributed by atoms with Gasteiger partial charge in [0.1, 0.15) is 0 Å². The Bertz CT molecular complexity index is 430. The first kappa shape index (κ1) is 12.6. The third kappa shape index (κ3) is 2.71. The first-order chi connectivity index (χ1) is 8.09. The summed E-state index contributed by atoms with van der Waals surface area (Å²) in [5.41, 5.74) is 2.01. The van der Waals surface area contributed by atoms with E-state index in [9.17, 15) is 4.79 Å². The molecule has 3 heteroatoms. The zero-order valence-corrected chi connectivity index (χ0v) is 11.9. The Balaban J connectivity index is 2.10. The van der Waals surface area contributed by atoms with Crippen LogP contribution in [0.3, 0.4) is 0 Å². The van der Waals surface area contributed by atoms with Crippen LogP contribution in [0.4, 0.5) is 5.69 Å². The molecule has 0 spiro atoms. The van der Waals surface area contributed by atoms with Gasteiger partial charge in [-0.3, -0.25) is 4.79 Å². The van der Waals surface area contributed by atoms with Crippen molar-refractivity contribution in [2.45, 2.75) is 33.1 Å². The van der Waals surface area contributed by atoms with Crippen molar-refractivity contribution in [1.29, 1.82) is 0 Å². The Hall–Kier alpha value is -0.830. The maximum Gasteiger partial charge on any atom is 0.227 e. The quantitative estimate of drug-likeness (QED) is 0.873. The van der Waals surface area contributed by atoms with Crippen LogP contribution >= 0.6 is 15.9 Å². The molecule has 1 amide bonds. The number of amides is 1. The molecule has 0 heterocycles. The molecule has 0 bridgehead atoms. The molecule has 2 rings (SSSR count). The van der Waals surface area contributed by atoms with Gasteiger partial charge in [-0.05, 0) is 43.4 Å². The van der Waals surface area contributed by atoms with Gasteiger partial charge in [-0.25, -0.2) is 0 Å². The predicted octanol–water partition coefficient (Wildman–Crippen LogP) is 4.13. The van der Waals surface area contributed by atoms with Gasteiger partial charge in [-0.2, -0.15) is 0 Å². The fourth-order valence-corrected chi connectivity index (χ4v) is 2.87. The molecular weight excluding hydrogens is 278 g/mol. The number of halogens is 1. The summed E-state index contributed by atoms with van der Waals surface area (Å²) in [5, 5.41) is 3.05. The van der Waals surface area contributed by atoms with Crippen LogP contribution in [0.15, 0.2) is 22.7 Å². The maximum atomic E-state index is 12.2. The minimum Gasteiger partial charge on any atom is -0.326 e. The highest BCUT2D eigenvalue weighted by Gasteiger charge is 2.29. The normalized spacial score (nSPS) is 23.7. The van der Waals surface area contributed by atoms with E-state index in [2.05, 4.69) is 28.2 Å². The van der Waals surface area contributed by atoms with Gasteiger partial charge in [0, 0.05) is 16.1 Å². The van der Waals surface area contributed by atoms with Crippen LogP contribution in [-0.2, 0) is 4.79 Å². The molecule has 1 N–H and O–H groups in total. The number of rotatable bonds is 2. The topological polar surface area (TPSA) is 29.1 Å². The number of anilines is 1. The highest BCUT2D eigenvalue weighted by molar-refractivity contribution is 9.10. The Morgan fingerprint density at radius 2 is 2.18 bits per heavy atom. The molecule has 0 saturated heterocycles. The predicted molar refractivity (Wildman–Crippen MR) is 74.0 cm³/mol. The minimum absolute atomic E-state index is 0.177. The van der Waals surface area contributed by atoms with Gasteiger partial charge in [0.05, 0.1) is 0 Å². The third-order valence-electron chi connectivity index (χ3n) is 3.72. The van der Waals surface area contributed by atoms with Crippen molar-refractivity contribution in [3.8, 4) is 0 Å². The van der Waals surface area contributed by atoms with Crippen LogP contribution in [0.25, 0.3) is 0 Å². The van der Waals surface area contributed by atoms with E-state index in [1.165, 1.54) is 12.8 Å². The Labute approximate surface area is 111 Å². The van der Waals surface area contributed by atoms with Gasteiger partial charge < -0.3 is 5.32 Å². The lowest BCUT2D eigenvalue weighted by Crippen LogP contribution is -2.24. The summed E-state index contributed by atoms with van der Waals surface area (Å²) in [7, 11) is 0. The van der Waals surface area contributed by atoms with Gasteiger partial charge in [-0.15, -0.1) is 0 Å². The lowest BCUT2D eigenvalue weighted by Gasteiger charge is -2.16. The molecule has 0 radical (unpaired) electrons. The summed E-state index contributed by atoms with van der Waals surface area (Å²) in [6, 6.07) is 5.89. The second-order valence-corrected chi connectivity index (χ2v) is 5.77. The summed E-state index contributed by atoms with van der Waals surface area (Å²) in [6.45, 7) is 4.18. The molecule has 1 aliphatic carbocycles. The van der Waals surface area contributed by atoms with Crippen LogP contribution in [-0.4, -0.2) is 5.91 Å². The summed E-state index contributed by atoms with van der Waals surface area (Å²) in [5.74, 6) is 0.882. The van der Waals surface area contributed by atoms with E-state index in [-0.39, 0.29) is 11.8 Å². The van der Waals surface area contributed by atoms with E-state index in [0.29, 0.717) is 5.92 Å². The molecule has 1 aromatic rings. The largest absolute Gasteiger partial charge is 0.326 e. The minimum atomic E-state index is 0.177. The molecule has 2 unspecified atom stereocenters. The van der Waals surface area contributed by atoms with Gasteiger partial charge in [-0.1, -0.05) is 35.3 Å². The molecule has 2 atom stereocenters. The Morgan fingerprint density at radius 1 is 1.41 bits per heavy atom. The number of nitrogens with one attached hydrogen (secondary N) is 1. The molecule has 1 fully saturated rings. The molecule has 92 valence electrons. The van der Waals surface area contributed by atoms with E-state index in [0.717, 1.165) is 22.1 Å². The van der Waals surface area contributed by atoms with Crippen molar-refractivity contribution in [3.05, 3.63) is 28.2 Å². The third-order valence-corrected chi connectivity index (χ3v) is 4.58. The second-order valence-electron chi connectivity index (χ2n) is 4.92. The van der Waals surface area contributed by atoms with Crippen LogP contribution in [0.5, 0.6) is 0 Å². The summed E-state index contributed by atoms with van der Waals surface area (Å²) in [6.07, 6.45) is 3.38. The summed E-state index contributed by atoms with van der Waals surface area (Å²) in [4.78, 5) is 12.2. The number of carbonyl (C=O) groups excluding carboxylic acids is 1. The van der Waals surface area contributed by atoms with Crippen molar-refractivity contribution in [1.82, 2.24) is 0 Å². The molecule has 0 aliphatic heterocycles. The van der Waals surface area contributed by atoms with Gasteiger partial charge in [0.25, 0.3) is 0 Å². The molecule has 1 saturated carbocycles. The van der Waals surface area contributed by atoms with Crippen LogP contribution < -0.4 is 5.32 Å². The van der Waals surface area contributed by atoms with Crippen LogP contribution in [0, 0.1) is 18.8 Å². The summed E-state index contributed by atoms with van der Waals surface area (Å²) < 4.78 is 1.04. The van der Waals surface area contributed by atoms with Crippen molar-refractivity contribution < 1.29 is 4.79 Å². The number of hydrogen-bond donors (Lipinski definition) is 1. The first-order valence-electron chi connectivity index (χ1n) is 6.15. The highest BCUT2D eigenvalue weighted by Crippen LogP contribution is 2.32. The zero-order valence-electron chi connectivity index (χ0n) is 10.3. The van der Waals surface area contributed by atoms with Crippen molar-refractivity contribution in [3.63, 3.8) is 0 Å². The molecule has 2 nitrogen and oxygen atoms in total. The van der Waals surface area contributed by atoms with E-state index in [1.807, 2.05) is 25.1 Å². The SMILES string of the molecule is Cc1c(Br)cccc1NC(=O)C1CCCC1C. The van der Waals surface area contributed by atoms with Crippen molar-refractivity contribution in [2.75, 3.05) is 5.32 Å². The monoisotopic (exact) mass is 295 g/mol. The maximum absolute atomic E-state index is 12.2. The Morgan fingerprint density at radius 3 is 2.82 bits per heavy atom.